The summed E-state index contributed by atoms with van der Waals surface area (Å²) in [6, 6.07) is 0. The van der Waals surface area contributed by atoms with Crippen LogP contribution in [-0.2, 0) is 4.79 Å². The Labute approximate surface area is 66.2 Å². The largest absolute Gasteiger partial charge is 0.481 e. The fraction of sp³-hybridized carbons (Fsp3) is 0.375. The van der Waals surface area contributed by atoms with Gasteiger partial charge in [-0.05, 0) is 19.9 Å². The number of hydrogen-bond acceptors (Lipinski definition) is 2. The molecule has 3 heteroatoms. The van der Waals surface area contributed by atoms with Crippen LogP contribution in [0.2, 0.25) is 0 Å². The quantitative estimate of drug-likeness (QED) is 0.600. The summed E-state index contributed by atoms with van der Waals surface area (Å²) in [7, 11) is 0. The van der Waals surface area contributed by atoms with Crippen molar-refractivity contribution < 1.29 is 9.90 Å². The summed E-state index contributed by atoms with van der Waals surface area (Å²) in [6.45, 7) is 3.36. The fourth-order valence-corrected chi connectivity index (χ4v) is 0.456. The first-order valence-corrected chi connectivity index (χ1v) is 3.37. The van der Waals surface area contributed by atoms with Crippen molar-refractivity contribution in [1.29, 1.82) is 0 Å². The Morgan fingerprint density at radius 2 is 2.18 bits per heavy atom. The molecule has 1 unspecified atom stereocenters. The van der Waals surface area contributed by atoms with Gasteiger partial charge in [0.2, 0.25) is 0 Å². The Morgan fingerprint density at radius 3 is 2.55 bits per heavy atom. The Hall–Kier alpha value is -1.25. The van der Waals surface area contributed by atoms with Crippen molar-refractivity contribution in [2.45, 2.75) is 13.8 Å². The normalized spacial score (nSPS) is 15.3. The predicted molar refractivity (Wildman–Crippen MR) is 43.9 cm³/mol. The van der Waals surface area contributed by atoms with Crippen molar-refractivity contribution in [2.75, 3.05) is 0 Å². The average molecular weight is 155 g/mol. The van der Waals surface area contributed by atoms with Crippen LogP contribution in [0.5, 0.6) is 0 Å². The first-order valence-electron chi connectivity index (χ1n) is 3.37. The van der Waals surface area contributed by atoms with Crippen molar-refractivity contribution >= 4 is 5.97 Å². The van der Waals surface area contributed by atoms with Crippen LogP contribution in [0.15, 0.2) is 23.9 Å². The van der Waals surface area contributed by atoms with E-state index in [1.165, 1.54) is 0 Å². The van der Waals surface area contributed by atoms with Gasteiger partial charge in [0.05, 0.1) is 5.92 Å². The number of aliphatic carboxylic acids is 1. The van der Waals surface area contributed by atoms with Crippen molar-refractivity contribution in [1.82, 2.24) is 0 Å². The minimum Gasteiger partial charge on any atom is -0.481 e. The number of allylic oxidation sites excluding steroid dienone is 3. The lowest BCUT2D eigenvalue weighted by Crippen LogP contribution is -2.05. The first kappa shape index (κ1) is 9.75. The van der Waals surface area contributed by atoms with E-state index < -0.39 is 11.9 Å². The second-order valence-corrected chi connectivity index (χ2v) is 2.42. The zero-order valence-electron chi connectivity index (χ0n) is 6.74. The van der Waals surface area contributed by atoms with Crippen LogP contribution >= 0.6 is 0 Å². The minimum atomic E-state index is -0.829. The highest BCUT2D eigenvalue weighted by atomic mass is 16.4. The fourth-order valence-electron chi connectivity index (χ4n) is 0.456. The molecule has 3 nitrogen and oxygen atoms in total. The van der Waals surface area contributed by atoms with Gasteiger partial charge in [0.25, 0.3) is 0 Å². The molecule has 0 aliphatic carbocycles. The molecule has 0 aromatic carbocycles. The van der Waals surface area contributed by atoms with Crippen molar-refractivity contribution in [2.24, 2.45) is 11.7 Å². The van der Waals surface area contributed by atoms with E-state index in [0.717, 1.165) is 0 Å². The Morgan fingerprint density at radius 1 is 1.64 bits per heavy atom. The van der Waals surface area contributed by atoms with Gasteiger partial charge < -0.3 is 10.8 Å². The number of hydrogen-bond donors (Lipinski definition) is 2. The molecule has 0 saturated heterocycles. The van der Waals surface area contributed by atoms with E-state index in [9.17, 15) is 4.79 Å². The van der Waals surface area contributed by atoms with Gasteiger partial charge in [-0.25, -0.2) is 0 Å². The van der Waals surface area contributed by atoms with E-state index in [0.29, 0.717) is 5.70 Å². The molecule has 0 heterocycles. The third-order valence-electron chi connectivity index (χ3n) is 1.15. The van der Waals surface area contributed by atoms with Gasteiger partial charge in [-0.3, -0.25) is 4.79 Å². The van der Waals surface area contributed by atoms with Crippen LogP contribution in [0.25, 0.3) is 0 Å². The van der Waals surface area contributed by atoms with Crippen molar-refractivity contribution in [3.8, 4) is 0 Å². The molecule has 0 aromatic rings. The lowest BCUT2D eigenvalue weighted by Gasteiger charge is -1.94. The summed E-state index contributed by atoms with van der Waals surface area (Å²) in [4.78, 5) is 10.3. The molecule has 0 bridgehead atoms. The van der Waals surface area contributed by atoms with E-state index in [2.05, 4.69) is 0 Å². The second-order valence-electron chi connectivity index (χ2n) is 2.42. The Kier molecular flexibility index (Phi) is 4.03. The average Bonchev–Trinajstić information content (AvgIpc) is 1.86. The molecule has 0 amide bonds. The van der Waals surface area contributed by atoms with Gasteiger partial charge in [0, 0.05) is 5.70 Å². The van der Waals surface area contributed by atoms with Crippen LogP contribution in [0, 0.1) is 5.92 Å². The highest BCUT2D eigenvalue weighted by Crippen LogP contribution is 1.96. The maximum atomic E-state index is 10.3. The maximum Gasteiger partial charge on any atom is 0.310 e. The predicted octanol–water partition coefficient (Wildman–Crippen LogP) is 1.13. The highest BCUT2D eigenvalue weighted by Gasteiger charge is 2.03. The zero-order valence-corrected chi connectivity index (χ0v) is 6.74. The molecule has 0 rings (SSSR count). The monoisotopic (exact) mass is 155 g/mol. The summed E-state index contributed by atoms with van der Waals surface area (Å²) in [6.07, 6.45) is 4.90. The number of carboxylic acids is 1. The van der Waals surface area contributed by atoms with Crippen LogP contribution in [0.1, 0.15) is 13.8 Å². The molecule has 62 valence electrons. The van der Waals surface area contributed by atoms with E-state index in [1.54, 1.807) is 32.1 Å². The molecular weight excluding hydrogens is 142 g/mol. The third kappa shape index (κ3) is 5.21. The molecule has 11 heavy (non-hydrogen) atoms. The van der Waals surface area contributed by atoms with Gasteiger partial charge in [0.15, 0.2) is 0 Å². The maximum absolute atomic E-state index is 10.3. The van der Waals surface area contributed by atoms with Gasteiger partial charge in [-0.2, -0.15) is 0 Å². The SMILES string of the molecule is C/C(N)=C/C=C\C(C)C(=O)O. The third-order valence-corrected chi connectivity index (χ3v) is 1.15. The summed E-state index contributed by atoms with van der Waals surface area (Å²) in [5, 5.41) is 8.44. The second kappa shape index (κ2) is 4.55. The van der Waals surface area contributed by atoms with Gasteiger partial charge in [0.1, 0.15) is 0 Å². The molecular formula is C8H13NO2. The number of nitrogens with two attached hydrogens (primary N) is 1. The minimum absolute atomic E-state index is 0.453. The Balaban J connectivity index is 3.94. The highest BCUT2D eigenvalue weighted by molar-refractivity contribution is 5.71. The summed E-state index contributed by atoms with van der Waals surface area (Å²) in [5.74, 6) is -1.28. The van der Waals surface area contributed by atoms with E-state index in [1.807, 2.05) is 0 Å². The number of carbonyl (C=O) groups is 1. The summed E-state index contributed by atoms with van der Waals surface area (Å²) < 4.78 is 0. The first-order chi connectivity index (χ1) is 5.04. The zero-order chi connectivity index (χ0) is 8.85. The molecule has 0 aromatic heterocycles. The number of carboxylic acid groups (broad SMARTS) is 1. The Bertz CT molecular complexity index is 190. The van der Waals surface area contributed by atoms with Crippen LogP contribution in [0.4, 0.5) is 0 Å². The molecule has 0 aliphatic heterocycles. The van der Waals surface area contributed by atoms with Crippen LogP contribution in [0.3, 0.4) is 0 Å². The van der Waals surface area contributed by atoms with Gasteiger partial charge in [-0.15, -0.1) is 0 Å². The lowest BCUT2D eigenvalue weighted by molar-refractivity contribution is -0.139. The number of rotatable bonds is 3. The van der Waals surface area contributed by atoms with Gasteiger partial charge in [-0.1, -0.05) is 12.2 Å². The molecule has 1 atom stereocenters. The van der Waals surface area contributed by atoms with Crippen LogP contribution < -0.4 is 5.73 Å². The molecule has 0 saturated carbocycles. The molecule has 0 radical (unpaired) electrons. The van der Waals surface area contributed by atoms with Crippen molar-refractivity contribution in [3.05, 3.63) is 23.9 Å². The van der Waals surface area contributed by atoms with E-state index >= 15 is 0 Å². The molecule has 3 N–H and O–H groups in total. The summed E-state index contributed by atoms with van der Waals surface area (Å²) in [5.41, 5.74) is 5.98. The summed E-state index contributed by atoms with van der Waals surface area (Å²) >= 11 is 0. The lowest BCUT2D eigenvalue weighted by atomic mass is 10.2. The molecule has 0 aliphatic rings. The van der Waals surface area contributed by atoms with E-state index in [-0.39, 0.29) is 0 Å². The molecule has 0 spiro atoms. The van der Waals surface area contributed by atoms with Gasteiger partial charge >= 0.3 is 5.97 Å². The van der Waals surface area contributed by atoms with Crippen molar-refractivity contribution in [3.63, 3.8) is 0 Å². The molecule has 0 fully saturated rings. The smallest absolute Gasteiger partial charge is 0.310 e. The standard InChI is InChI=1S/C8H13NO2/c1-6(8(10)11)4-3-5-7(2)9/h3-6H,9H2,1-2H3,(H,10,11)/b4-3-,7-5-. The topological polar surface area (TPSA) is 63.3 Å². The van der Waals surface area contributed by atoms with Crippen LogP contribution in [-0.4, -0.2) is 11.1 Å². The van der Waals surface area contributed by atoms with E-state index in [4.69, 9.17) is 10.8 Å².